The van der Waals surface area contributed by atoms with Gasteiger partial charge in [-0.2, -0.15) is 0 Å². The third kappa shape index (κ3) is 3.95. The zero-order valence-electron chi connectivity index (χ0n) is 8.96. The average molecular weight is 267 g/mol. The van der Waals surface area contributed by atoms with E-state index in [1.807, 2.05) is 0 Å². The molecule has 0 saturated heterocycles. The van der Waals surface area contributed by atoms with E-state index >= 15 is 0 Å². The van der Waals surface area contributed by atoms with Crippen molar-refractivity contribution in [3.8, 4) is 0 Å². The Labute approximate surface area is 105 Å². The van der Waals surface area contributed by atoms with Crippen LogP contribution in [0.4, 0.5) is 0 Å². The van der Waals surface area contributed by atoms with E-state index in [-0.39, 0.29) is 0 Å². The minimum atomic E-state index is -0.484. The molecule has 1 nitrogen and oxygen atoms in total. The molecule has 0 aliphatic carbocycles. The molecule has 1 N–H and O–H groups in total. The average Bonchev–Trinajstić information content (AvgIpc) is 2.45. The van der Waals surface area contributed by atoms with E-state index in [2.05, 4.69) is 13.8 Å². The number of aliphatic hydroxyl groups is 1. The molecule has 0 fully saturated rings. The van der Waals surface area contributed by atoms with Gasteiger partial charge in [-0.3, -0.25) is 0 Å². The maximum atomic E-state index is 9.98. The van der Waals surface area contributed by atoms with Crippen molar-refractivity contribution in [3.05, 3.63) is 20.3 Å². The Balaban J connectivity index is 2.60. The molecule has 0 radical (unpaired) electrons. The molecule has 1 aromatic rings. The molecule has 1 aromatic heterocycles. The Hall–Kier alpha value is 0.240. The maximum absolute atomic E-state index is 9.98. The van der Waals surface area contributed by atoms with Crippen LogP contribution in [0.2, 0.25) is 8.67 Å². The Kier molecular flexibility index (Phi) is 5.41. The fourth-order valence-electron chi connectivity index (χ4n) is 1.70. The lowest BCUT2D eigenvalue weighted by molar-refractivity contribution is 0.145. The van der Waals surface area contributed by atoms with Gasteiger partial charge in [-0.1, -0.05) is 49.9 Å². The second kappa shape index (κ2) is 6.09. The fraction of sp³-hybridized carbons (Fsp3) is 0.636. The van der Waals surface area contributed by atoms with E-state index in [1.54, 1.807) is 6.07 Å². The van der Waals surface area contributed by atoms with Crippen molar-refractivity contribution in [2.24, 2.45) is 5.92 Å². The number of hydrogen-bond acceptors (Lipinski definition) is 2. The first-order valence-corrected chi connectivity index (χ1v) is 6.74. The molecule has 0 bridgehead atoms. The van der Waals surface area contributed by atoms with E-state index in [4.69, 9.17) is 23.2 Å². The Morgan fingerprint density at radius 1 is 1.47 bits per heavy atom. The normalized spacial score (nSPS) is 15.3. The van der Waals surface area contributed by atoms with Crippen LogP contribution >= 0.6 is 34.5 Å². The monoisotopic (exact) mass is 266 g/mol. The van der Waals surface area contributed by atoms with Crippen molar-refractivity contribution in [2.75, 3.05) is 0 Å². The molecule has 4 heteroatoms. The Bertz CT molecular complexity index is 312. The zero-order valence-corrected chi connectivity index (χ0v) is 11.3. The third-order valence-corrected chi connectivity index (χ3v) is 3.97. The van der Waals surface area contributed by atoms with Crippen LogP contribution in [-0.4, -0.2) is 5.11 Å². The van der Waals surface area contributed by atoms with Crippen LogP contribution in [0.3, 0.4) is 0 Å². The number of halogens is 2. The van der Waals surface area contributed by atoms with Crippen LogP contribution in [0.15, 0.2) is 6.07 Å². The zero-order chi connectivity index (χ0) is 11.4. The highest BCUT2D eigenvalue weighted by Crippen LogP contribution is 2.37. The van der Waals surface area contributed by atoms with E-state index in [1.165, 1.54) is 11.3 Å². The molecule has 0 aliphatic rings. The van der Waals surface area contributed by atoms with Gasteiger partial charge < -0.3 is 5.11 Å². The molecule has 1 rings (SSSR count). The minimum Gasteiger partial charge on any atom is -0.388 e. The molecule has 0 amide bonds. The molecule has 0 spiro atoms. The molecule has 0 aromatic carbocycles. The van der Waals surface area contributed by atoms with Crippen LogP contribution in [-0.2, 0) is 0 Å². The highest BCUT2D eigenvalue weighted by atomic mass is 35.5. The van der Waals surface area contributed by atoms with Crippen LogP contribution in [0, 0.1) is 5.92 Å². The van der Waals surface area contributed by atoms with Crippen LogP contribution < -0.4 is 0 Å². The number of hydrogen-bond donors (Lipinski definition) is 1. The summed E-state index contributed by atoms with van der Waals surface area (Å²) in [6, 6.07) is 1.76. The smallest absolute Gasteiger partial charge is 0.100 e. The lowest BCUT2D eigenvalue weighted by Crippen LogP contribution is -2.03. The Morgan fingerprint density at radius 3 is 2.60 bits per heavy atom. The summed E-state index contributed by atoms with van der Waals surface area (Å²) in [6.45, 7) is 4.30. The summed E-state index contributed by atoms with van der Waals surface area (Å²) in [6.07, 6.45) is 2.54. The van der Waals surface area contributed by atoms with Gasteiger partial charge in [0.1, 0.15) is 4.34 Å². The number of aliphatic hydroxyl groups excluding tert-OH is 1. The van der Waals surface area contributed by atoms with Gasteiger partial charge in [0, 0.05) is 5.56 Å². The highest BCUT2D eigenvalue weighted by Gasteiger charge is 2.17. The van der Waals surface area contributed by atoms with E-state index in [0.717, 1.165) is 24.8 Å². The first kappa shape index (κ1) is 13.3. The fourth-order valence-corrected chi connectivity index (χ4v) is 3.27. The number of thiophene rings is 1. The summed E-state index contributed by atoms with van der Waals surface area (Å²) in [7, 11) is 0. The van der Waals surface area contributed by atoms with Gasteiger partial charge in [-0.05, 0) is 18.4 Å². The second-order valence-corrected chi connectivity index (χ2v) is 6.21. The van der Waals surface area contributed by atoms with Crippen molar-refractivity contribution in [3.63, 3.8) is 0 Å². The predicted molar refractivity (Wildman–Crippen MR) is 68.0 cm³/mol. The molecule has 0 aliphatic heterocycles. The topological polar surface area (TPSA) is 20.2 Å². The van der Waals surface area contributed by atoms with Crippen LogP contribution in [0.1, 0.15) is 44.8 Å². The van der Waals surface area contributed by atoms with E-state index in [0.29, 0.717) is 14.6 Å². The lowest BCUT2D eigenvalue weighted by Gasteiger charge is -2.15. The van der Waals surface area contributed by atoms with Gasteiger partial charge in [0.2, 0.25) is 0 Å². The summed E-state index contributed by atoms with van der Waals surface area (Å²) in [5.74, 6) is 0.514. The molecule has 15 heavy (non-hydrogen) atoms. The Morgan fingerprint density at radius 2 is 2.13 bits per heavy atom. The molecule has 86 valence electrons. The van der Waals surface area contributed by atoms with Crippen molar-refractivity contribution in [1.82, 2.24) is 0 Å². The molecule has 1 heterocycles. The minimum absolute atomic E-state index is 0.484. The highest BCUT2D eigenvalue weighted by molar-refractivity contribution is 7.20. The molecule has 2 unspecified atom stereocenters. The molecule has 0 saturated carbocycles. The standard InChI is InChI=1S/C11H16Cl2OS/c1-3-4-7(2)5-9(14)8-6-10(12)15-11(8)13/h6-7,9,14H,3-5H2,1-2H3. The van der Waals surface area contributed by atoms with Gasteiger partial charge in [0.25, 0.3) is 0 Å². The van der Waals surface area contributed by atoms with Crippen molar-refractivity contribution in [2.45, 2.75) is 39.2 Å². The molecular formula is C11H16Cl2OS. The first-order chi connectivity index (χ1) is 7.04. The lowest BCUT2D eigenvalue weighted by atomic mass is 9.96. The molecular weight excluding hydrogens is 251 g/mol. The van der Waals surface area contributed by atoms with Crippen LogP contribution in [0.25, 0.3) is 0 Å². The molecule has 2 atom stereocenters. The largest absolute Gasteiger partial charge is 0.388 e. The summed E-state index contributed by atoms with van der Waals surface area (Å²) in [5.41, 5.74) is 0.773. The third-order valence-electron chi connectivity index (χ3n) is 2.45. The van der Waals surface area contributed by atoms with Crippen molar-refractivity contribution in [1.29, 1.82) is 0 Å². The van der Waals surface area contributed by atoms with Gasteiger partial charge >= 0.3 is 0 Å². The first-order valence-electron chi connectivity index (χ1n) is 5.17. The van der Waals surface area contributed by atoms with Crippen LogP contribution in [0.5, 0.6) is 0 Å². The summed E-state index contributed by atoms with van der Waals surface area (Å²) >= 11 is 13.1. The second-order valence-electron chi connectivity index (χ2n) is 3.92. The van der Waals surface area contributed by atoms with Crippen molar-refractivity contribution >= 4 is 34.5 Å². The predicted octanol–water partition coefficient (Wildman–Crippen LogP) is 4.91. The quantitative estimate of drug-likeness (QED) is 0.803. The summed E-state index contributed by atoms with van der Waals surface area (Å²) in [4.78, 5) is 0. The summed E-state index contributed by atoms with van der Waals surface area (Å²) in [5, 5.41) is 9.98. The van der Waals surface area contributed by atoms with Gasteiger partial charge in [-0.25, -0.2) is 0 Å². The maximum Gasteiger partial charge on any atom is 0.100 e. The SMILES string of the molecule is CCCC(C)CC(O)c1cc(Cl)sc1Cl. The van der Waals surface area contributed by atoms with E-state index < -0.39 is 6.10 Å². The van der Waals surface area contributed by atoms with Gasteiger partial charge in [0.15, 0.2) is 0 Å². The summed E-state index contributed by atoms with van der Waals surface area (Å²) < 4.78 is 1.24. The van der Waals surface area contributed by atoms with E-state index in [9.17, 15) is 5.11 Å². The van der Waals surface area contributed by atoms with Crippen molar-refractivity contribution < 1.29 is 5.11 Å². The van der Waals surface area contributed by atoms with Gasteiger partial charge in [-0.15, -0.1) is 11.3 Å². The van der Waals surface area contributed by atoms with Gasteiger partial charge in [0.05, 0.1) is 10.4 Å². The number of rotatable bonds is 5.